The van der Waals surface area contributed by atoms with Gasteiger partial charge in [0.15, 0.2) is 0 Å². The molecule has 1 N–H and O–H groups in total. The van der Waals surface area contributed by atoms with Crippen LogP contribution in [0.15, 0.2) is 0 Å². The van der Waals surface area contributed by atoms with Crippen molar-refractivity contribution in [3.63, 3.8) is 0 Å². The molecule has 4 unspecified atom stereocenters. The van der Waals surface area contributed by atoms with Crippen LogP contribution in [-0.4, -0.2) is 24.8 Å². The monoisotopic (exact) mass is 253 g/mol. The highest BCUT2D eigenvalue weighted by molar-refractivity contribution is 4.80. The summed E-state index contributed by atoms with van der Waals surface area (Å²) in [5, 5.41) is 3.67. The van der Waals surface area contributed by atoms with Crippen LogP contribution in [0.5, 0.6) is 0 Å². The molecule has 0 aromatic heterocycles. The molecule has 0 heterocycles. The van der Waals surface area contributed by atoms with Gasteiger partial charge < -0.3 is 10.1 Å². The zero-order chi connectivity index (χ0) is 12.8. The summed E-state index contributed by atoms with van der Waals surface area (Å²) in [5.41, 5.74) is 0. The predicted octanol–water partition coefficient (Wildman–Crippen LogP) is 3.89. The SMILES string of the molecule is CCCNC1CCCC(OC2CCCC(C)C2)C1. The molecule has 0 bridgehead atoms. The molecule has 0 amide bonds. The predicted molar refractivity (Wildman–Crippen MR) is 76.8 cm³/mol. The number of hydrogen-bond donors (Lipinski definition) is 1. The minimum absolute atomic E-state index is 0.531. The molecule has 106 valence electrons. The highest BCUT2D eigenvalue weighted by atomic mass is 16.5. The second-order valence-electron chi connectivity index (χ2n) is 6.47. The fourth-order valence-electron chi connectivity index (χ4n) is 3.58. The van der Waals surface area contributed by atoms with Gasteiger partial charge in [0.2, 0.25) is 0 Å². The van der Waals surface area contributed by atoms with Crippen LogP contribution in [0.3, 0.4) is 0 Å². The van der Waals surface area contributed by atoms with Crippen molar-refractivity contribution >= 4 is 0 Å². The third-order valence-corrected chi connectivity index (χ3v) is 4.58. The van der Waals surface area contributed by atoms with E-state index >= 15 is 0 Å². The van der Waals surface area contributed by atoms with E-state index in [0.717, 1.165) is 12.5 Å². The van der Waals surface area contributed by atoms with Crippen LogP contribution < -0.4 is 5.32 Å². The van der Waals surface area contributed by atoms with Crippen molar-refractivity contribution in [2.45, 2.75) is 89.9 Å². The van der Waals surface area contributed by atoms with Gasteiger partial charge in [-0.25, -0.2) is 0 Å². The summed E-state index contributed by atoms with van der Waals surface area (Å²) in [5.74, 6) is 0.876. The lowest BCUT2D eigenvalue weighted by atomic mass is 9.87. The number of ether oxygens (including phenoxy) is 1. The zero-order valence-corrected chi connectivity index (χ0v) is 12.3. The molecular weight excluding hydrogens is 222 g/mol. The van der Waals surface area contributed by atoms with Gasteiger partial charge in [-0.15, -0.1) is 0 Å². The Balaban J connectivity index is 1.71. The van der Waals surface area contributed by atoms with Crippen LogP contribution in [0.1, 0.15) is 71.6 Å². The normalized spacial score (nSPS) is 37.7. The van der Waals surface area contributed by atoms with E-state index in [0.29, 0.717) is 18.2 Å². The second-order valence-corrected chi connectivity index (χ2v) is 6.47. The van der Waals surface area contributed by atoms with Gasteiger partial charge in [0.1, 0.15) is 0 Å². The average Bonchev–Trinajstić information content (AvgIpc) is 2.37. The molecule has 2 aliphatic carbocycles. The quantitative estimate of drug-likeness (QED) is 0.802. The van der Waals surface area contributed by atoms with Crippen LogP contribution in [0.4, 0.5) is 0 Å². The van der Waals surface area contributed by atoms with Gasteiger partial charge in [0.25, 0.3) is 0 Å². The fraction of sp³-hybridized carbons (Fsp3) is 1.00. The minimum atomic E-state index is 0.531. The second kappa shape index (κ2) is 7.49. The lowest BCUT2D eigenvalue weighted by Crippen LogP contribution is -2.39. The van der Waals surface area contributed by atoms with Gasteiger partial charge in [-0.1, -0.05) is 26.7 Å². The topological polar surface area (TPSA) is 21.3 Å². The van der Waals surface area contributed by atoms with Gasteiger partial charge in [-0.2, -0.15) is 0 Å². The summed E-state index contributed by atoms with van der Waals surface area (Å²) in [6.07, 6.45) is 12.9. The first-order valence-corrected chi connectivity index (χ1v) is 8.16. The largest absolute Gasteiger partial charge is 0.375 e. The first kappa shape index (κ1) is 14.3. The Bertz CT molecular complexity index is 231. The van der Waals surface area contributed by atoms with Crippen molar-refractivity contribution in [2.24, 2.45) is 5.92 Å². The lowest BCUT2D eigenvalue weighted by Gasteiger charge is -2.35. The van der Waals surface area contributed by atoms with E-state index in [1.807, 2.05) is 0 Å². The molecule has 2 rings (SSSR count). The molecular formula is C16H31NO. The molecule has 4 atom stereocenters. The molecule has 0 saturated heterocycles. The standard InChI is InChI=1S/C16H31NO/c1-3-10-17-14-7-5-9-16(12-14)18-15-8-4-6-13(2)11-15/h13-17H,3-12H2,1-2H3. The first-order chi connectivity index (χ1) is 8.78. The van der Waals surface area contributed by atoms with Gasteiger partial charge in [0, 0.05) is 6.04 Å². The maximum atomic E-state index is 6.37. The van der Waals surface area contributed by atoms with E-state index in [1.54, 1.807) is 0 Å². The van der Waals surface area contributed by atoms with Crippen molar-refractivity contribution < 1.29 is 4.74 Å². The maximum absolute atomic E-state index is 6.37. The summed E-state index contributed by atoms with van der Waals surface area (Å²) in [7, 11) is 0. The van der Waals surface area contributed by atoms with Gasteiger partial charge in [0.05, 0.1) is 12.2 Å². The lowest BCUT2D eigenvalue weighted by molar-refractivity contribution is -0.0574. The summed E-state index contributed by atoms with van der Waals surface area (Å²) in [4.78, 5) is 0. The van der Waals surface area contributed by atoms with E-state index in [1.165, 1.54) is 57.8 Å². The maximum Gasteiger partial charge on any atom is 0.0593 e. The van der Waals surface area contributed by atoms with Crippen LogP contribution in [0.2, 0.25) is 0 Å². The van der Waals surface area contributed by atoms with E-state index in [4.69, 9.17) is 4.74 Å². The third kappa shape index (κ3) is 4.55. The van der Waals surface area contributed by atoms with Crippen molar-refractivity contribution in [3.05, 3.63) is 0 Å². The molecule has 0 aliphatic heterocycles. The van der Waals surface area contributed by atoms with Crippen molar-refractivity contribution in [3.8, 4) is 0 Å². The molecule has 2 heteroatoms. The van der Waals surface area contributed by atoms with Crippen molar-refractivity contribution in [1.29, 1.82) is 0 Å². The summed E-state index contributed by atoms with van der Waals surface area (Å²) in [6.45, 7) is 5.78. The smallest absolute Gasteiger partial charge is 0.0593 e. The zero-order valence-electron chi connectivity index (χ0n) is 12.3. The number of nitrogens with one attached hydrogen (secondary N) is 1. The van der Waals surface area contributed by atoms with E-state index < -0.39 is 0 Å². The van der Waals surface area contributed by atoms with Crippen LogP contribution in [0.25, 0.3) is 0 Å². The highest BCUT2D eigenvalue weighted by Crippen LogP contribution is 2.30. The minimum Gasteiger partial charge on any atom is -0.375 e. The molecule has 18 heavy (non-hydrogen) atoms. The summed E-state index contributed by atoms with van der Waals surface area (Å²) >= 11 is 0. The first-order valence-electron chi connectivity index (χ1n) is 8.16. The van der Waals surface area contributed by atoms with E-state index in [-0.39, 0.29) is 0 Å². The van der Waals surface area contributed by atoms with Gasteiger partial charge in [-0.3, -0.25) is 0 Å². The number of rotatable bonds is 5. The Morgan fingerprint density at radius 1 is 1.00 bits per heavy atom. The van der Waals surface area contributed by atoms with Gasteiger partial charge >= 0.3 is 0 Å². The Labute approximate surface area is 113 Å². The molecule has 2 aliphatic rings. The highest BCUT2D eigenvalue weighted by Gasteiger charge is 2.26. The molecule has 2 saturated carbocycles. The Hall–Kier alpha value is -0.0800. The molecule has 2 nitrogen and oxygen atoms in total. The number of hydrogen-bond acceptors (Lipinski definition) is 2. The van der Waals surface area contributed by atoms with Gasteiger partial charge in [-0.05, 0) is 57.4 Å². The van der Waals surface area contributed by atoms with Crippen LogP contribution in [-0.2, 0) is 4.74 Å². The fourth-order valence-corrected chi connectivity index (χ4v) is 3.58. The average molecular weight is 253 g/mol. The van der Waals surface area contributed by atoms with E-state index in [2.05, 4.69) is 19.2 Å². The third-order valence-electron chi connectivity index (χ3n) is 4.58. The Morgan fingerprint density at radius 3 is 2.44 bits per heavy atom. The van der Waals surface area contributed by atoms with E-state index in [9.17, 15) is 0 Å². The molecule has 0 aromatic rings. The Kier molecular flexibility index (Phi) is 5.97. The molecule has 2 fully saturated rings. The van der Waals surface area contributed by atoms with Crippen LogP contribution in [0, 0.1) is 5.92 Å². The van der Waals surface area contributed by atoms with Crippen LogP contribution >= 0.6 is 0 Å². The molecule has 0 spiro atoms. The molecule has 0 aromatic carbocycles. The Morgan fingerprint density at radius 2 is 1.72 bits per heavy atom. The van der Waals surface area contributed by atoms with Crippen molar-refractivity contribution in [1.82, 2.24) is 5.32 Å². The molecule has 0 radical (unpaired) electrons. The summed E-state index contributed by atoms with van der Waals surface area (Å²) < 4.78 is 6.37. The van der Waals surface area contributed by atoms with Crippen molar-refractivity contribution in [2.75, 3.05) is 6.54 Å². The summed E-state index contributed by atoms with van der Waals surface area (Å²) in [6, 6.07) is 0.713.